The van der Waals surface area contributed by atoms with Gasteiger partial charge in [0.15, 0.2) is 0 Å². The normalized spacial score (nSPS) is 14.1. The molecule has 1 aromatic carbocycles. The van der Waals surface area contributed by atoms with E-state index in [1.54, 1.807) is 30.8 Å². The van der Waals surface area contributed by atoms with Crippen molar-refractivity contribution in [3.8, 4) is 0 Å². The number of carbonyl (C=O) groups excluding carboxylic acids is 1. The monoisotopic (exact) mass is 257 g/mol. The smallest absolute Gasteiger partial charge is 0.342 e. The van der Waals surface area contributed by atoms with Crippen LogP contribution in [0.15, 0.2) is 29.2 Å². The van der Waals surface area contributed by atoms with Crippen molar-refractivity contribution in [3.05, 3.63) is 29.8 Å². The topological polar surface area (TPSA) is 52.3 Å². The van der Waals surface area contributed by atoms with Crippen LogP contribution in [0.4, 0.5) is 4.39 Å². The maximum absolute atomic E-state index is 13.6. The minimum absolute atomic E-state index is 0.150. The fourth-order valence-corrected chi connectivity index (χ4v) is 1.77. The second-order valence-electron chi connectivity index (χ2n) is 3.45. The highest BCUT2D eigenvalue weighted by atomic mass is 32.2. The summed E-state index contributed by atoms with van der Waals surface area (Å²) in [5.74, 6) is -0.908. The highest BCUT2D eigenvalue weighted by Gasteiger charge is 2.27. The fraction of sp³-hybridized carbons (Fsp3) is 0.417. The molecule has 0 saturated carbocycles. The zero-order valence-corrected chi connectivity index (χ0v) is 10.7. The summed E-state index contributed by atoms with van der Waals surface area (Å²) in [7, 11) is 0. The molecule has 5 heteroatoms. The van der Waals surface area contributed by atoms with Gasteiger partial charge in [-0.25, -0.2) is 9.18 Å². The van der Waals surface area contributed by atoms with E-state index in [2.05, 4.69) is 4.74 Å². The summed E-state index contributed by atoms with van der Waals surface area (Å²) in [6, 6.07) is 6.16. The van der Waals surface area contributed by atoms with E-state index in [-0.39, 0.29) is 6.61 Å². The van der Waals surface area contributed by atoms with Gasteiger partial charge in [0.1, 0.15) is 0 Å². The summed E-state index contributed by atoms with van der Waals surface area (Å²) in [4.78, 5) is 12.3. The lowest BCUT2D eigenvalue weighted by molar-refractivity contribution is -0.149. The molecule has 0 spiro atoms. The van der Waals surface area contributed by atoms with Gasteiger partial charge in [0.2, 0.25) is 6.17 Å². The van der Waals surface area contributed by atoms with Crippen molar-refractivity contribution in [2.24, 2.45) is 5.73 Å². The number of alkyl halides is 1. The summed E-state index contributed by atoms with van der Waals surface area (Å²) >= 11 is 1.59. The first-order valence-electron chi connectivity index (χ1n) is 5.30. The SMILES string of the molecule is CCOC(=O)C(F)[C@@H](N)c1ccc(SC)cc1. The van der Waals surface area contributed by atoms with Crippen LogP contribution in [-0.4, -0.2) is 25.0 Å². The Bertz CT molecular complexity index is 369. The Hall–Kier alpha value is -1.07. The van der Waals surface area contributed by atoms with E-state index >= 15 is 0 Å². The predicted octanol–water partition coefficient (Wildman–Crippen LogP) is 2.31. The van der Waals surface area contributed by atoms with Crippen molar-refractivity contribution in [3.63, 3.8) is 0 Å². The Morgan fingerprint density at radius 2 is 2.06 bits per heavy atom. The van der Waals surface area contributed by atoms with Crippen LogP contribution in [-0.2, 0) is 9.53 Å². The summed E-state index contributed by atoms with van der Waals surface area (Å²) in [6.45, 7) is 1.78. The average Bonchev–Trinajstić information content (AvgIpc) is 2.37. The molecule has 94 valence electrons. The quantitative estimate of drug-likeness (QED) is 0.649. The lowest BCUT2D eigenvalue weighted by atomic mass is 10.0. The molecule has 0 heterocycles. The van der Waals surface area contributed by atoms with Crippen molar-refractivity contribution in [2.45, 2.75) is 24.0 Å². The van der Waals surface area contributed by atoms with E-state index in [9.17, 15) is 9.18 Å². The minimum atomic E-state index is -1.82. The number of carbonyl (C=O) groups is 1. The van der Waals surface area contributed by atoms with Crippen molar-refractivity contribution >= 4 is 17.7 Å². The molecule has 2 atom stereocenters. The number of rotatable bonds is 5. The molecule has 0 saturated heterocycles. The van der Waals surface area contributed by atoms with Gasteiger partial charge in [0.25, 0.3) is 0 Å². The minimum Gasteiger partial charge on any atom is -0.464 e. The number of nitrogens with two attached hydrogens (primary N) is 1. The number of thioether (sulfide) groups is 1. The lowest BCUT2D eigenvalue weighted by Crippen LogP contribution is -2.31. The van der Waals surface area contributed by atoms with E-state index in [1.165, 1.54) is 0 Å². The largest absolute Gasteiger partial charge is 0.464 e. The number of hydrogen-bond donors (Lipinski definition) is 1. The number of benzene rings is 1. The molecule has 1 aromatic rings. The van der Waals surface area contributed by atoms with Crippen molar-refractivity contribution in [1.29, 1.82) is 0 Å². The third-order valence-corrected chi connectivity index (χ3v) is 3.07. The standard InChI is InChI=1S/C12H16FNO2S/c1-3-16-12(15)10(13)11(14)8-4-6-9(17-2)7-5-8/h4-7,10-11H,3,14H2,1-2H3/t10?,11-/m0/s1. The molecule has 2 N–H and O–H groups in total. The van der Waals surface area contributed by atoms with Gasteiger partial charge in [0, 0.05) is 4.90 Å². The van der Waals surface area contributed by atoms with Crippen molar-refractivity contribution < 1.29 is 13.9 Å². The van der Waals surface area contributed by atoms with E-state index in [4.69, 9.17) is 5.73 Å². The van der Waals surface area contributed by atoms with Crippen molar-refractivity contribution in [2.75, 3.05) is 12.9 Å². The summed E-state index contributed by atoms with van der Waals surface area (Å²) in [5.41, 5.74) is 6.27. The molecular formula is C12H16FNO2S. The first kappa shape index (κ1) is 14.0. The summed E-state index contributed by atoms with van der Waals surface area (Å²) in [6.07, 6.45) is 0.126. The van der Waals surface area contributed by atoms with Crippen LogP contribution in [0, 0.1) is 0 Å². The van der Waals surface area contributed by atoms with E-state index in [0.29, 0.717) is 5.56 Å². The van der Waals surface area contributed by atoms with Crippen LogP contribution in [0.5, 0.6) is 0 Å². The molecule has 3 nitrogen and oxygen atoms in total. The van der Waals surface area contributed by atoms with Crippen LogP contribution in [0.2, 0.25) is 0 Å². The second kappa shape index (κ2) is 6.61. The molecule has 1 rings (SSSR count). The van der Waals surface area contributed by atoms with Crippen LogP contribution < -0.4 is 5.73 Å². The molecule has 0 aliphatic carbocycles. The molecular weight excluding hydrogens is 241 g/mol. The summed E-state index contributed by atoms with van der Waals surface area (Å²) < 4.78 is 18.2. The van der Waals surface area contributed by atoms with Gasteiger partial charge in [-0.15, -0.1) is 11.8 Å². The van der Waals surface area contributed by atoms with Gasteiger partial charge in [0.05, 0.1) is 12.6 Å². The Balaban J connectivity index is 2.73. The fourth-order valence-electron chi connectivity index (χ4n) is 1.36. The van der Waals surface area contributed by atoms with Crippen LogP contribution in [0.25, 0.3) is 0 Å². The van der Waals surface area contributed by atoms with Crippen molar-refractivity contribution in [1.82, 2.24) is 0 Å². The third-order valence-electron chi connectivity index (χ3n) is 2.33. The number of halogens is 1. The molecule has 1 unspecified atom stereocenters. The summed E-state index contributed by atoms with van der Waals surface area (Å²) in [5, 5.41) is 0. The highest BCUT2D eigenvalue weighted by molar-refractivity contribution is 7.98. The number of ether oxygens (including phenoxy) is 1. The van der Waals surface area contributed by atoms with Gasteiger partial charge in [-0.1, -0.05) is 12.1 Å². The zero-order chi connectivity index (χ0) is 12.8. The maximum Gasteiger partial charge on any atom is 0.342 e. The van der Waals surface area contributed by atoms with Gasteiger partial charge < -0.3 is 10.5 Å². The Labute approximate surface area is 105 Å². The zero-order valence-electron chi connectivity index (χ0n) is 9.85. The molecule has 0 aliphatic rings. The Morgan fingerprint density at radius 3 is 2.53 bits per heavy atom. The molecule has 0 bridgehead atoms. The van der Waals surface area contributed by atoms with Gasteiger partial charge >= 0.3 is 5.97 Å². The average molecular weight is 257 g/mol. The number of esters is 1. The third kappa shape index (κ3) is 3.71. The predicted molar refractivity (Wildman–Crippen MR) is 66.7 cm³/mol. The first-order valence-corrected chi connectivity index (χ1v) is 6.52. The lowest BCUT2D eigenvalue weighted by Gasteiger charge is -2.16. The Morgan fingerprint density at radius 1 is 1.47 bits per heavy atom. The van der Waals surface area contributed by atoms with Crippen LogP contribution in [0.1, 0.15) is 18.5 Å². The Kier molecular flexibility index (Phi) is 5.44. The van der Waals surface area contributed by atoms with Gasteiger partial charge in [-0.2, -0.15) is 0 Å². The molecule has 0 aliphatic heterocycles. The second-order valence-corrected chi connectivity index (χ2v) is 4.33. The molecule has 17 heavy (non-hydrogen) atoms. The molecule has 0 amide bonds. The van der Waals surface area contributed by atoms with E-state index < -0.39 is 18.2 Å². The van der Waals surface area contributed by atoms with Crippen LogP contribution in [0.3, 0.4) is 0 Å². The highest BCUT2D eigenvalue weighted by Crippen LogP contribution is 2.21. The van der Waals surface area contributed by atoms with E-state index in [0.717, 1.165) is 4.90 Å². The first-order chi connectivity index (χ1) is 8.10. The maximum atomic E-state index is 13.6. The molecule has 0 aromatic heterocycles. The van der Waals surface area contributed by atoms with Crippen LogP contribution >= 0.6 is 11.8 Å². The van der Waals surface area contributed by atoms with Gasteiger partial charge in [-0.3, -0.25) is 0 Å². The van der Waals surface area contributed by atoms with E-state index in [1.807, 2.05) is 18.4 Å². The molecule has 0 fully saturated rings. The number of hydrogen-bond acceptors (Lipinski definition) is 4. The molecule has 0 radical (unpaired) electrons. The van der Waals surface area contributed by atoms with Gasteiger partial charge in [-0.05, 0) is 30.9 Å².